The molecule has 0 heterocycles. The van der Waals surface area contributed by atoms with E-state index in [0.717, 1.165) is 23.1 Å². The second-order valence-electron chi connectivity index (χ2n) is 4.41. The molecule has 0 amide bonds. The van der Waals surface area contributed by atoms with E-state index in [1.807, 2.05) is 30.3 Å². The molecule has 1 aliphatic rings. The quantitative estimate of drug-likeness (QED) is 0.663. The van der Waals surface area contributed by atoms with E-state index in [9.17, 15) is 4.79 Å². The van der Waals surface area contributed by atoms with E-state index in [4.69, 9.17) is 10.5 Å². The Morgan fingerprint density at radius 3 is 2.67 bits per heavy atom. The monoisotopic (exact) mass is 239 g/mol. The van der Waals surface area contributed by atoms with Crippen molar-refractivity contribution in [3.8, 4) is 5.75 Å². The predicted octanol–water partition coefficient (Wildman–Crippen LogP) is 2.41. The van der Waals surface area contributed by atoms with Gasteiger partial charge in [-0.15, -0.1) is 0 Å². The zero-order chi connectivity index (χ0) is 12.7. The molecule has 18 heavy (non-hydrogen) atoms. The number of carbonyl (C=O) groups excluding carboxylic acids is 1. The molecule has 0 aromatic heterocycles. The molecule has 3 heteroatoms. The number of nitrogens with two attached hydrogens (primary N) is 1. The van der Waals surface area contributed by atoms with Gasteiger partial charge in [0, 0.05) is 11.1 Å². The van der Waals surface area contributed by atoms with Crippen molar-refractivity contribution in [1.82, 2.24) is 0 Å². The average molecular weight is 239 g/mol. The number of carbonyl (C=O) groups is 1. The van der Waals surface area contributed by atoms with Gasteiger partial charge in [-0.3, -0.25) is 4.79 Å². The maximum Gasteiger partial charge on any atom is 0.193 e. The standard InChI is InChI=1S/C15H13NO2/c1-18-14-7-10-6-9-4-2-3-5-11(9)15(17)12(10)8-13(14)16/h2-5,7-8H,6,16H2,1H3. The largest absolute Gasteiger partial charge is 0.495 e. The normalized spacial score (nSPS) is 12.8. The van der Waals surface area contributed by atoms with Crippen LogP contribution in [0.4, 0.5) is 5.69 Å². The fraction of sp³-hybridized carbons (Fsp3) is 0.133. The molecular formula is C15H13NO2. The second-order valence-corrected chi connectivity index (χ2v) is 4.41. The number of methoxy groups -OCH3 is 1. The van der Waals surface area contributed by atoms with Crippen molar-refractivity contribution in [1.29, 1.82) is 0 Å². The van der Waals surface area contributed by atoms with E-state index in [1.165, 1.54) is 0 Å². The van der Waals surface area contributed by atoms with Crippen molar-refractivity contribution in [2.75, 3.05) is 12.8 Å². The molecule has 90 valence electrons. The third kappa shape index (κ3) is 1.48. The Morgan fingerprint density at radius 1 is 1.11 bits per heavy atom. The molecule has 0 aliphatic heterocycles. The van der Waals surface area contributed by atoms with Gasteiger partial charge < -0.3 is 10.5 Å². The van der Waals surface area contributed by atoms with Crippen LogP contribution in [0.25, 0.3) is 0 Å². The number of hydrogen-bond donors (Lipinski definition) is 1. The number of ether oxygens (including phenoxy) is 1. The first-order chi connectivity index (χ1) is 8.70. The van der Waals surface area contributed by atoms with Crippen LogP contribution in [0, 0.1) is 0 Å². The Labute approximate surface area is 105 Å². The lowest BCUT2D eigenvalue weighted by atomic mass is 9.85. The number of hydrogen-bond acceptors (Lipinski definition) is 3. The third-order valence-corrected chi connectivity index (χ3v) is 3.34. The lowest BCUT2D eigenvalue weighted by Crippen LogP contribution is -2.15. The van der Waals surface area contributed by atoms with Gasteiger partial charge in [0.25, 0.3) is 0 Å². The topological polar surface area (TPSA) is 52.3 Å². The van der Waals surface area contributed by atoms with E-state index < -0.39 is 0 Å². The molecule has 0 atom stereocenters. The number of benzene rings is 2. The van der Waals surface area contributed by atoms with Crippen molar-refractivity contribution in [2.45, 2.75) is 6.42 Å². The van der Waals surface area contributed by atoms with Crippen LogP contribution in [0.2, 0.25) is 0 Å². The summed E-state index contributed by atoms with van der Waals surface area (Å²) in [5.74, 6) is 0.669. The fourth-order valence-corrected chi connectivity index (χ4v) is 2.42. The summed E-state index contributed by atoms with van der Waals surface area (Å²) in [4.78, 5) is 12.4. The minimum atomic E-state index is 0.0428. The molecule has 3 nitrogen and oxygen atoms in total. The molecule has 0 fully saturated rings. The van der Waals surface area contributed by atoms with Gasteiger partial charge in [0.1, 0.15) is 5.75 Å². The summed E-state index contributed by atoms with van der Waals surface area (Å²) < 4.78 is 5.20. The zero-order valence-electron chi connectivity index (χ0n) is 10.1. The van der Waals surface area contributed by atoms with Crippen LogP contribution in [-0.4, -0.2) is 12.9 Å². The highest BCUT2D eigenvalue weighted by Gasteiger charge is 2.24. The SMILES string of the molecule is COc1cc2c(cc1N)C(=O)c1ccccc1C2. The molecule has 0 saturated heterocycles. The fourth-order valence-electron chi connectivity index (χ4n) is 2.42. The van der Waals surface area contributed by atoms with Gasteiger partial charge >= 0.3 is 0 Å². The highest BCUT2D eigenvalue weighted by molar-refractivity contribution is 6.12. The van der Waals surface area contributed by atoms with Crippen LogP contribution in [-0.2, 0) is 6.42 Å². The Hall–Kier alpha value is -2.29. The Balaban J connectivity index is 2.19. The molecule has 0 saturated carbocycles. The summed E-state index contributed by atoms with van der Waals surface area (Å²) in [5.41, 5.74) is 9.86. The van der Waals surface area contributed by atoms with E-state index in [2.05, 4.69) is 0 Å². The first-order valence-electron chi connectivity index (χ1n) is 5.79. The van der Waals surface area contributed by atoms with Crippen LogP contribution in [0.5, 0.6) is 5.75 Å². The first kappa shape index (κ1) is 10.8. The number of fused-ring (bicyclic) bond motifs is 2. The molecule has 3 rings (SSSR count). The first-order valence-corrected chi connectivity index (χ1v) is 5.79. The van der Waals surface area contributed by atoms with Gasteiger partial charge in [-0.25, -0.2) is 0 Å². The molecule has 0 spiro atoms. The number of anilines is 1. The Morgan fingerprint density at radius 2 is 1.89 bits per heavy atom. The van der Waals surface area contributed by atoms with Gasteiger partial charge in [-0.1, -0.05) is 24.3 Å². The Kier molecular flexibility index (Phi) is 2.33. The van der Waals surface area contributed by atoms with Crippen LogP contribution in [0.1, 0.15) is 27.0 Å². The lowest BCUT2D eigenvalue weighted by Gasteiger charge is -2.19. The maximum absolute atomic E-state index is 12.4. The molecule has 1 aliphatic carbocycles. The van der Waals surface area contributed by atoms with Crippen LogP contribution in [0.3, 0.4) is 0 Å². The van der Waals surface area contributed by atoms with E-state index in [1.54, 1.807) is 13.2 Å². The Bertz CT molecular complexity index is 647. The van der Waals surface area contributed by atoms with Crippen molar-refractivity contribution < 1.29 is 9.53 Å². The molecular weight excluding hydrogens is 226 g/mol. The van der Waals surface area contributed by atoms with Gasteiger partial charge in [-0.2, -0.15) is 0 Å². The third-order valence-electron chi connectivity index (χ3n) is 3.34. The average Bonchev–Trinajstić information content (AvgIpc) is 2.39. The smallest absolute Gasteiger partial charge is 0.193 e. The number of nitrogen functional groups attached to an aromatic ring is 1. The predicted molar refractivity (Wildman–Crippen MR) is 70.1 cm³/mol. The lowest BCUT2D eigenvalue weighted by molar-refractivity contribution is 0.103. The summed E-state index contributed by atoms with van der Waals surface area (Å²) in [7, 11) is 1.58. The van der Waals surface area contributed by atoms with Crippen molar-refractivity contribution in [3.63, 3.8) is 0 Å². The van der Waals surface area contributed by atoms with Crippen molar-refractivity contribution in [2.24, 2.45) is 0 Å². The van der Waals surface area contributed by atoms with Crippen molar-refractivity contribution in [3.05, 3.63) is 58.7 Å². The van der Waals surface area contributed by atoms with Crippen LogP contribution < -0.4 is 10.5 Å². The van der Waals surface area contributed by atoms with E-state index >= 15 is 0 Å². The summed E-state index contributed by atoms with van der Waals surface area (Å²) in [6, 6.07) is 11.3. The second kappa shape index (κ2) is 3.88. The maximum atomic E-state index is 12.4. The minimum Gasteiger partial charge on any atom is -0.495 e. The van der Waals surface area contributed by atoms with Crippen molar-refractivity contribution >= 4 is 11.5 Å². The summed E-state index contributed by atoms with van der Waals surface area (Å²) in [6.45, 7) is 0. The molecule has 2 N–H and O–H groups in total. The summed E-state index contributed by atoms with van der Waals surface area (Å²) >= 11 is 0. The van der Waals surface area contributed by atoms with E-state index in [0.29, 0.717) is 17.0 Å². The zero-order valence-corrected chi connectivity index (χ0v) is 10.1. The van der Waals surface area contributed by atoms with Gasteiger partial charge in [0.15, 0.2) is 5.78 Å². The van der Waals surface area contributed by atoms with Gasteiger partial charge in [0.2, 0.25) is 0 Å². The molecule has 2 aromatic carbocycles. The molecule has 0 unspecified atom stereocenters. The molecule has 0 bridgehead atoms. The highest BCUT2D eigenvalue weighted by Crippen LogP contribution is 2.33. The number of ketones is 1. The summed E-state index contributed by atoms with van der Waals surface area (Å²) in [6.07, 6.45) is 0.744. The van der Waals surface area contributed by atoms with Gasteiger partial charge in [-0.05, 0) is 29.7 Å². The number of rotatable bonds is 1. The van der Waals surface area contributed by atoms with Crippen LogP contribution >= 0.6 is 0 Å². The summed E-state index contributed by atoms with van der Waals surface area (Å²) in [5, 5.41) is 0. The van der Waals surface area contributed by atoms with Gasteiger partial charge in [0.05, 0.1) is 12.8 Å². The molecule has 0 radical (unpaired) electrons. The minimum absolute atomic E-state index is 0.0428. The highest BCUT2D eigenvalue weighted by atomic mass is 16.5. The van der Waals surface area contributed by atoms with E-state index in [-0.39, 0.29) is 5.78 Å². The van der Waals surface area contributed by atoms with Crippen LogP contribution in [0.15, 0.2) is 36.4 Å². The molecule has 2 aromatic rings.